The molecule has 0 aliphatic rings. The number of hydrogen-bond donors (Lipinski definition) is 1. The average Bonchev–Trinajstić information content (AvgIpc) is 2.28. The van der Waals surface area contributed by atoms with Crippen LogP contribution in [0.25, 0.3) is 0 Å². The van der Waals surface area contributed by atoms with Crippen LogP contribution < -0.4 is 5.32 Å². The van der Waals surface area contributed by atoms with Crippen molar-refractivity contribution in [1.82, 2.24) is 5.32 Å². The van der Waals surface area contributed by atoms with E-state index in [1.54, 1.807) is 12.1 Å². The highest BCUT2D eigenvalue weighted by Crippen LogP contribution is 2.31. The number of halogens is 1. The van der Waals surface area contributed by atoms with Crippen LogP contribution in [0, 0.1) is 23.1 Å². The van der Waals surface area contributed by atoms with Crippen LogP contribution in [-0.2, 0) is 6.42 Å². The summed E-state index contributed by atoms with van der Waals surface area (Å²) in [5.74, 6) is 1.07. The zero-order valence-electron chi connectivity index (χ0n) is 13.0. The van der Waals surface area contributed by atoms with Gasteiger partial charge in [0.05, 0.1) is 0 Å². The van der Waals surface area contributed by atoms with Gasteiger partial charge >= 0.3 is 0 Å². The van der Waals surface area contributed by atoms with Crippen molar-refractivity contribution in [3.05, 3.63) is 35.6 Å². The maximum atomic E-state index is 13.3. The van der Waals surface area contributed by atoms with E-state index in [0.717, 1.165) is 25.1 Å². The minimum absolute atomic E-state index is 0.140. The lowest BCUT2D eigenvalue weighted by atomic mass is 9.74. The van der Waals surface area contributed by atoms with Gasteiger partial charge in [0.15, 0.2) is 0 Å². The first-order valence-electron chi connectivity index (χ1n) is 7.28. The summed E-state index contributed by atoms with van der Waals surface area (Å²) in [5, 5.41) is 3.55. The fourth-order valence-electron chi connectivity index (χ4n) is 2.23. The van der Waals surface area contributed by atoms with Crippen molar-refractivity contribution in [2.24, 2.45) is 17.3 Å². The average molecular weight is 265 g/mol. The second-order valence-electron chi connectivity index (χ2n) is 6.64. The molecule has 0 bridgehead atoms. The Kier molecular flexibility index (Phi) is 5.99. The minimum atomic E-state index is -0.140. The van der Waals surface area contributed by atoms with E-state index in [9.17, 15) is 4.39 Å². The summed E-state index contributed by atoms with van der Waals surface area (Å²) in [6.07, 6.45) is 0.910. The molecule has 1 unspecified atom stereocenters. The van der Waals surface area contributed by atoms with Crippen LogP contribution in [0.5, 0.6) is 0 Å². The van der Waals surface area contributed by atoms with Crippen LogP contribution >= 0.6 is 0 Å². The third-order valence-electron chi connectivity index (χ3n) is 3.97. The summed E-state index contributed by atoms with van der Waals surface area (Å²) in [4.78, 5) is 0. The van der Waals surface area contributed by atoms with Crippen LogP contribution in [0.1, 0.15) is 40.2 Å². The van der Waals surface area contributed by atoms with E-state index >= 15 is 0 Å². The van der Waals surface area contributed by atoms with E-state index in [1.807, 2.05) is 6.07 Å². The molecule has 0 saturated carbocycles. The van der Waals surface area contributed by atoms with E-state index in [0.29, 0.717) is 11.8 Å². The van der Waals surface area contributed by atoms with Gasteiger partial charge < -0.3 is 5.32 Å². The predicted molar refractivity (Wildman–Crippen MR) is 80.8 cm³/mol. The molecular weight excluding hydrogens is 237 g/mol. The van der Waals surface area contributed by atoms with Gasteiger partial charge in [-0.15, -0.1) is 0 Å². The van der Waals surface area contributed by atoms with Gasteiger partial charge in [0.2, 0.25) is 0 Å². The van der Waals surface area contributed by atoms with Crippen LogP contribution in [0.4, 0.5) is 4.39 Å². The molecule has 1 atom stereocenters. The highest BCUT2D eigenvalue weighted by molar-refractivity contribution is 5.18. The predicted octanol–water partition coefficient (Wildman–Crippen LogP) is 4.28. The Morgan fingerprint density at radius 3 is 2.42 bits per heavy atom. The van der Waals surface area contributed by atoms with Crippen LogP contribution in [-0.4, -0.2) is 13.1 Å². The molecule has 1 rings (SSSR count). The standard InChI is InChI=1S/C17H28FN/c1-13(2)11-19-12-17(5,14(3)4)10-15-7-6-8-16(18)9-15/h6-9,13-14,19H,10-12H2,1-5H3. The summed E-state index contributed by atoms with van der Waals surface area (Å²) < 4.78 is 13.3. The van der Waals surface area contributed by atoms with Gasteiger partial charge in [-0.05, 0) is 47.9 Å². The van der Waals surface area contributed by atoms with E-state index in [1.165, 1.54) is 6.07 Å². The minimum Gasteiger partial charge on any atom is -0.316 e. The Morgan fingerprint density at radius 2 is 1.89 bits per heavy atom. The van der Waals surface area contributed by atoms with Crippen molar-refractivity contribution in [2.75, 3.05) is 13.1 Å². The molecule has 0 aliphatic heterocycles. The highest BCUT2D eigenvalue weighted by atomic mass is 19.1. The molecule has 1 nitrogen and oxygen atoms in total. The molecule has 0 spiro atoms. The normalized spacial score (nSPS) is 14.9. The Hall–Kier alpha value is -0.890. The molecule has 0 radical (unpaired) electrons. The maximum Gasteiger partial charge on any atom is 0.123 e. The largest absolute Gasteiger partial charge is 0.316 e. The number of benzene rings is 1. The monoisotopic (exact) mass is 265 g/mol. The van der Waals surface area contributed by atoms with E-state index in [-0.39, 0.29) is 11.2 Å². The summed E-state index contributed by atoms with van der Waals surface area (Å²) in [6.45, 7) is 13.2. The van der Waals surface area contributed by atoms with Crippen molar-refractivity contribution in [1.29, 1.82) is 0 Å². The van der Waals surface area contributed by atoms with Gasteiger partial charge in [0.25, 0.3) is 0 Å². The summed E-state index contributed by atoms with van der Waals surface area (Å²) in [6, 6.07) is 6.98. The Balaban J connectivity index is 2.70. The lowest BCUT2D eigenvalue weighted by Crippen LogP contribution is -2.39. The Morgan fingerprint density at radius 1 is 1.21 bits per heavy atom. The van der Waals surface area contributed by atoms with Crippen molar-refractivity contribution in [3.8, 4) is 0 Å². The second kappa shape index (κ2) is 7.04. The van der Waals surface area contributed by atoms with Crippen molar-refractivity contribution < 1.29 is 4.39 Å². The molecule has 0 fully saturated rings. The van der Waals surface area contributed by atoms with Gasteiger partial charge in [-0.3, -0.25) is 0 Å². The Bertz CT molecular complexity index is 387. The molecule has 1 N–H and O–H groups in total. The van der Waals surface area contributed by atoms with E-state index in [4.69, 9.17) is 0 Å². The van der Waals surface area contributed by atoms with E-state index in [2.05, 4.69) is 39.9 Å². The number of hydrogen-bond acceptors (Lipinski definition) is 1. The summed E-state index contributed by atoms with van der Waals surface area (Å²) in [5.41, 5.74) is 1.24. The molecule has 2 heteroatoms. The molecule has 1 aromatic rings. The SMILES string of the molecule is CC(C)CNCC(C)(Cc1cccc(F)c1)C(C)C. The molecule has 0 aliphatic carbocycles. The molecule has 0 saturated heterocycles. The van der Waals surface area contributed by atoms with Crippen molar-refractivity contribution >= 4 is 0 Å². The summed E-state index contributed by atoms with van der Waals surface area (Å²) in [7, 11) is 0. The maximum absolute atomic E-state index is 13.3. The highest BCUT2D eigenvalue weighted by Gasteiger charge is 2.28. The first kappa shape index (κ1) is 16.2. The first-order valence-corrected chi connectivity index (χ1v) is 7.28. The zero-order valence-corrected chi connectivity index (χ0v) is 13.0. The van der Waals surface area contributed by atoms with Crippen molar-refractivity contribution in [2.45, 2.75) is 41.0 Å². The Labute approximate surface area is 117 Å². The van der Waals surface area contributed by atoms with Crippen LogP contribution in [0.3, 0.4) is 0 Å². The van der Waals surface area contributed by atoms with Crippen LogP contribution in [0.2, 0.25) is 0 Å². The van der Waals surface area contributed by atoms with Gasteiger partial charge in [0, 0.05) is 6.54 Å². The third kappa shape index (κ3) is 5.32. The molecule has 19 heavy (non-hydrogen) atoms. The third-order valence-corrected chi connectivity index (χ3v) is 3.97. The molecule has 0 heterocycles. The van der Waals surface area contributed by atoms with Gasteiger partial charge in [-0.1, -0.05) is 46.8 Å². The molecule has 1 aromatic carbocycles. The first-order chi connectivity index (χ1) is 8.83. The lowest BCUT2D eigenvalue weighted by molar-refractivity contribution is 0.205. The smallest absolute Gasteiger partial charge is 0.123 e. The van der Waals surface area contributed by atoms with E-state index < -0.39 is 0 Å². The van der Waals surface area contributed by atoms with Gasteiger partial charge in [-0.25, -0.2) is 4.39 Å². The zero-order chi connectivity index (χ0) is 14.5. The number of rotatable bonds is 7. The fourth-order valence-corrected chi connectivity index (χ4v) is 2.23. The lowest BCUT2D eigenvalue weighted by Gasteiger charge is -2.35. The quantitative estimate of drug-likeness (QED) is 0.776. The fraction of sp³-hybridized carbons (Fsp3) is 0.647. The van der Waals surface area contributed by atoms with Crippen LogP contribution in [0.15, 0.2) is 24.3 Å². The second-order valence-corrected chi connectivity index (χ2v) is 6.64. The topological polar surface area (TPSA) is 12.0 Å². The molecular formula is C17H28FN. The number of nitrogens with one attached hydrogen (secondary N) is 1. The van der Waals surface area contributed by atoms with Gasteiger partial charge in [0.1, 0.15) is 5.82 Å². The molecule has 108 valence electrons. The molecule has 0 amide bonds. The molecule has 0 aromatic heterocycles. The van der Waals surface area contributed by atoms with Crippen molar-refractivity contribution in [3.63, 3.8) is 0 Å². The van der Waals surface area contributed by atoms with Gasteiger partial charge in [-0.2, -0.15) is 0 Å². The summed E-state index contributed by atoms with van der Waals surface area (Å²) >= 11 is 0.